The third-order valence-corrected chi connectivity index (χ3v) is 2.95. The van der Waals surface area contributed by atoms with E-state index in [-0.39, 0.29) is 17.2 Å². The van der Waals surface area contributed by atoms with Crippen molar-refractivity contribution in [3.8, 4) is 0 Å². The van der Waals surface area contributed by atoms with Gasteiger partial charge in [-0.05, 0) is 26.3 Å². The predicted molar refractivity (Wildman–Crippen MR) is 82.3 cm³/mol. The highest BCUT2D eigenvalue weighted by molar-refractivity contribution is 5.73. The molecule has 1 aromatic carbocycles. The van der Waals surface area contributed by atoms with E-state index in [0.717, 1.165) is 0 Å². The lowest BCUT2D eigenvalue weighted by atomic mass is 10.0. The van der Waals surface area contributed by atoms with Crippen LogP contribution in [0.4, 0.5) is 10.5 Å². The highest BCUT2D eigenvalue weighted by Crippen LogP contribution is 2.27. The van der Waals surface area contributed by atoms with Gasteiger partial charge in [-0.3, -0.25) is 20.1 Å². The fraction of sp³-hybridized carbons (Fsp3) is 0.467. The Morgan fingerprint density at radius 2 is 1.83 bits per heavy atom. The topological polar surface area (TPSA) is 119 Å². The van der Waals surface area contributed by atoms with Crippen LogP contribution in [-0.2, 0) is 14.3 Å². The Morgan fingerprint density at radius 3 is 2.25 bits per heavy atom. The van der Waals surface area contributed by atoms with Gasteiger partial charge in [0, 0.05) is 12.1 Å². The lowest BCUT2D eigenvalue weighted by Gasteiger charge is -2.28. The number of esters is 1. The summed E-state index contributed by atoms with van der Waals surface area (Å²) in [6.07, 6.45) is -1.39. The van der Waals surface area contributed by atoms with Crippen LogP contribution in [0, 0.1) is 10.1 Å². The monoisotopic (exact) mass is 340 g/mol. The van der Waals surface area contributed by atoms with Gasteiger partial charge in [0.2, 0.25) is 0 Å². The van der Waals surface area contributed by atoms with Crippen LogP contribution in [0.25, 0.3) is 0 Å². The molecule has 0 fully saturated rings. The molecule has 132 valence electrons. The van der Waals surface area contributed by atoms with Crippen LogP contribution in [-0.4, -0.2) is 40.0 Å². The van der Waals surface area contributed by atoms with Crippen LogP contribution in [0.2, 0.25) is 0 Å². The number of nitro groups is 1. The molecule has 0 aliphatic carbocycles. The van der Waals surface area contributed by atoms with Crippen molar-refractivity contribution in [2.75, 3.05) is 7.11 Å². The van der Waals surface area contributed by atoms with Crippen LogP contribution >= 0.6 is 0 Å². The Labute approximate surface area is 138 Å². The zero-order valence-electron chi connectivity index (χ0n) is 13.9. The molecule has 1 unspecified atom stereocenters. The second-order valence-corrected chi connectivity index (χ2v) is 5.97. The van der Waals surface area contributed by atoms with E-state index in [1.54, 1.807) is 20.8 Å². The number of benzene rings is 1. The number of rotatable bonds is 5. The number of carbonyl (C=O) groups excluding carboxylic acids is 2. The third-order valence-electron chi connectivity index (χ3n) is 2.95. The number of methoxy groups -OCH3 is 1. The van der Waals surface area contributed by atoms with Crippen molar-refractivity contribution in [2.45, 2.75) is 38.8 Å². The SMILES string of the molecule is COC(=O)CC(c1ccc([N+](=O)[O-])cc1)N(O)C(=O)OC(C)(C)C. The van der Waals surface area contributed by atoms with Gasteiger partial charge in [-0.25, -0.2) is 4.79 Å². The van der Waals surface area contributed by atoms with Crippen LogP contribution in [0.3, 0.4) is 0 Å². The van der Waals surface area contributed by atoms with Gasteiger partial charge >= 0.3 is 12.1 Å². The fourth-order valence-electron chi connectivity index (χ4n) is 1.84. The van der Waals surface area contributed by atoms with Crippen molar-refractivity contribution in [1.29, 1.82) is 0 Å². The number of carbonyl (C=O) groups is 2. The molecule has 0 aromatic heterocycles. The van der Waals surface area contributed by atoms with Gasteiger partial charge in [-0.1, -0.05) is 12.1 Å². The first-order valence-corrected chi connectivity index (χ1v) is 7.07. The molecule has 0 heterocycles. The lowest BCUT2D eigenvalue weighted by molar-refractivity contribution is -0.384. The summed E-state index contributed by atoms with van der Waals surface area (Å²) >= 11 is 0. The molecule has 1 rings (SSSR count). The lowest BCUT2D eigenvalue weighted by Crippen LogP contribution is -2.38. The summed E-state index contributed by atoms with van der Waals surface area (Å²) in [5, 5.41) is 21.1. The molecular weight excluding hydrogens is 320 g/mol. The molecule has 1 aromatic rings. The fourth-order valence-corrected chi connectivity index (χ4v) is 1.84. The molecule has 1 atom stereocenters. The maximum atomic E-state index is 12.0. The van der Waals surface area contributed by atoms with Crippen LogP contribution in [0.5, 0.6) is 0 Å². The van der Waals surface area contributed by atoms with Crippen LogP contribution < -0.4 is 0 Å². The zero-order chi connectivity index (χ0) is 18.5. The minimum atomic E-state index is -1.10. The molecular formula is C15H20N2O7. The first kappa shape index (κ1) is 19.4. The smallest absolute Gasteiger partial charge is 0.434 e. The predicted octanol–water partition coefficient (Wildman–Crippen LogP) is 2.83. The van der Waals surface area contributed by atoms with Crippen molar-refractivity contribution < 1.29 is 29.2 Å². The van der Waals surface area contributed by atoms with E-state index >= 15 is 0 Å². The van der Waals surface area contributed by atoms with Crippen LogP contribution in [0.15, 0.2) is 24.3 Å². The van der Waals surface area contributed by atoms with Crippen molar-refractivity contribution in [3.05, 3.63) is 39.9 Å². The van der Waals surface area contributed by atoms with E-state index in [9.17, 15) is 24.9 Å². The number of non-ortho nitro benzene ring substituents is 1. The van der Waals surface area contributed by atoms with Gasteiger partial charge in [-0.2, -0.15) is 5.06 Å². The molecule has 1 amide bonds. The third kappa shape index (κ3) is 5.51. The summed E-state index contributed by atoms with van der Waals surface area (Å²) in [5.74, 6) is -0.666. The van der Waals surface area contributed by atoms with Crippen molar-refractivity contribution >= 4 is 17.7 Å². The number of amides is 1. The summed E-state index contributed by atoms with van der Waals surface area (Å²) in [6, 6.07) is 4.01. The molecule has 0 bridgehead atoms. The Kier molecular flexibility index (Phi) is 6.24. The Morgan fingerprint density at radius 1 is 1.29 bits per heavy atom. The molecule has 9 heteroatoms. The number of nitrogens with zero attached hydrogens (tertiary/aromatic N) is 2. The number of hydrogen-bond donors (Lipinski definition) is 1. The van der Waals surface area contributed by atoms with E-state index in [4.69, 9.17) is 4.74 Å². The quantitative estimate of drug-likeness (QED) is 0.379. The van der Waals surface area contributed by atoms with E-state index < -0.39 is 28.6 Å². The summed E-state index contributed by atoms with van der Waals surface area (Å²) in [4.78, 5) is 33.7. The average molecular weight is 340 g/mol. The van der Waals surface area contributed by atoms with Crippen molar-refractivity contribution in [3.63, 3.8) is 0 Å². The standard InChI is InChI=1S/C15H20N2O7/c1-15(2,3)24-14(19)16(20)12(9-13(18)23-4)10-5-7-11(8-6-10)17(21)22/h5-8,12,20H,9H2,1-4H3. The largest absolute Gasteiger partial charge is 0.469 e. The maximum absolute atomic E-state index is 12.0. The Hall–Kier alpha value is -2.68. The zero-order valence-corrected chi connectivity index (χ0v) is 13.9. The summed E-state index contributed by atoms with van der Waals surface area (Å²) in [5.41, 5.74) is -0.680. The number of nitro benzene ring substituents is 1. The molecule has 0 aliphatic heterocycles. The number of hydrogen-bond acceptors (Lipinski definition) is 7. The number of ether oxygens (including phenoxy) is 2. The molecule has 0 spiro atoms. The maximum Gasteiger partial charge on any atom is 0.434 e. The molecule has 0 aliphatic rings. The summed E-state index contributed by atoms with van der Waals surface area (Å²) < 4.78 is 9.61. The normalized spacial score (nSPS) is 12.2. The Bertz CT molecular complexity index is 607. The second-order valence-electron chi connectivity index (χ2n) is 5.97. The van der Waals surface area contributed by atoms with Gasteiger partial charge in [-0.15, -0.1) is 0 Å². The van der Waals surface area contributed by atoms with Gasteiger partial charge in [0.25, 0.3) is 5.69 Å². The first-order valence-electron chi connectivity index (χ1n) is 7.07. The van der Waals surface area contributed by atoms with Crippen molar-refractivity contribution in [2.24, 2.45) is 0 Å². The summed E-state index contributed by atoms with van der Waals surface area (Å²) in [6.45, 7) is 4.87. The highest BCUT2D eigenvalue weighted by atomic mass is 16.6. The molecule has 24 heavy (non-hydrogen) atoms. The van der Waals surface area contributed by atoms with E-state index in [1.165, 1.54) is 31.4 Å². The highest BCUT2D eigenvalue weighted by Gasteiger charge is 2.30. The minimum Gasteiger partial charge on any atom is -0.469 e. The average Bonchev–Trinajstić information content (AvgIpc) is 2.50. The molecule has 0 radical (unpaired) electrons. The number of hydroxylamine groups is 2. The van der Waals surface area contributed by atoms with Crippen molar-refractivity contribution in [1.82, 2.24) is 5.06 Å². The molecule has 0 saturated carbocycles. The molecule has 0 saturated heterocycles. The van der Waals surface area contributed by atoms with E-state index in [2.05, 4.69) is 4.74 Å². The van der Waals surface area contributed by atoms with Gasteiger partial charge in [0.15, 0.2) is 0 Å². The van der Waals surface area contributed by atoms with Gasteiger partial charge in [0.05, 0.1) is 24.5 Å². The van der Waals surface area contributed by atoms with E-state index in [1.807, 2.05) is 0 Å². The Balaban J connectivity index is 3.08. The van der Waals surface area contributed by atoms with Crippen LogP contribution in [0.1, 0.15) is 38.8 Å². The van der Waals surface area contributed by atoms with Gasteiger partial charge < -0.3 is 9.47 Å². The summed E-state index contributed by atoms with van der Waals surface area (Å²) in [7, 11) is 1.17. The van der Waals surface area contributed by atoms with Gasteiger partial charge in [0.1, 0.15) is 5.60 Å². The second kappa shape index (κ2) is 7.73. The minimum absolute atomic E-state index is 0.155. The molecule has 9 nitrogen and oxygen atoms in total. The molecule has 1 N–H and O–H groups in total. The van der Waals surface area contributed by atoms with E-state index in [0.29, 0.717) is 5.56 Å². The first-order chi connectivity index (χ1) is 11.0.